The molecule has 0 amide bonds. The fraction of sp³-hybridized carbons (Fsp3) is 0.895. The highest BCUT2D eigenvalue weighted by atomic mass is 16.5. The lowest BCUT2D eigenvalue weighted by molar-refractivity contribution is -0.0927. The van der Waals surface area contributed by atoms with Gasteiger partial charge in [0.05, 0.1) is 11.6 Å². The van der Waals surface area contributed by atoms with Gasteiger partial charge in [0, 0.05) is 6.61 Å². The fourth-order valence-electron chi connectivity index (χ4n) is 4.02. The number of nitrogens with two attached hydrogens (primary N) is 1. The number of rotatable bonds is 4. The predicted molar refractivity (Wildman–Crippen MR) is 90.4 cm³/mol. The van der Waals surface area contributed by atoms with Crippen LogP contribution >= 0.6 is 0 Å². The van der Waals surface area contributed by atoms with Crippen LogP contribution in [0.25, 0.3) is 0 Å². The third kappa shape index (κ3) is 4.32. The van der Waals surface area contributed by atoms with Crippen LogP contribution in [0.15, 0.2) is 11.6 Å². The van der Waals surface area contributed by atoms with Crippen molar-refractivity contribution in [1.29, 1.82) is 0 Å². The van der Waals surface area contributed by atoms with Crippen molar-refractivity contribution < 1.29 is 4.74 Å². The topological polar surface area (TPSA) is 35.2 Å². The standard InChI is InChI=1S/C19H35NO/c1-4-21-19(14-12-18(2,3)13-15-19)17(20)16-10-8-6-5-7-9-11-16/h10,17H,4-9,11-15,20H2,1-3H3. The second kappa shape index (κ2) is 7.28. The molecule has 2 heteroatoms. The maximum absolute atomic E-state index is 6.76. The number of allylic oxidation sites excluding steroid dienone is 1. The largest absolute Gasteiger partial charge is 0.373 e. The van der Waals surface area contributed by atoms with Gasteiger partial charge in [-0.15, -0.1) is 0 Å². The van der Waals surface area contributed by atoms with Crippen LogP contribution in [0.1, 0.15) is 85.0 Å². The van der Waals surface area contributed by atoms with Gasteiger partial charge in [-0.25, -0.2) is 0 Å². The maximum atomic E-state index is 6.76. The first-order chi connectivity index (χ1) is 9.99. The summed E-state index contributed by atoms with van der Waals surface area (Å²) in [5.74, 6) is 0. The fourth-order valence-corrected chi connectivity index (χ4v) is 4.02. The molecule has 2 aliphatic carbocycles. The van der Waals surface area contributed by atoms with E-state index < -0.39 is 0 Å². The first-order valence-electron chi connectivity index (χ1n) is 9.08. The molecule has 0 spiro atoms. The quantitative estimate of drug-likeness (QED) is 0.743. The zero-order chi connectivity index (χ0) is 15.3. The molecule has 1 unspecified atom stereocenters. The summed E-state index contributed by atoms with van der Waals surface area (Å²) in [6.07, 6.45) is 14.9. The SMILES string of the molecule is CCOC1(C(N)C2=CCCCCCC2)CCC(C)(C)CC1. The molecule has 2 aliphatic rings. The van der Waals surface area contributed by atoms with Crippen LogP contribution in [0, 0.1) is 5.41 Å². The number of ether oxygens (including phenoxy) is 1. The van der Waals surface area contributed by atoms with E-state index in [1.807, 2.05) is 0 Å². The second-order valence-corrected chi connectivity index (χ2v) is 7.87. The van der Waals surface area contributed by atoms with Crippen molar-refractivity contribution >= 4 is 0 Å². The normalized spacial score (nSPS) is 27.3. The van der Waals surface area contributed by atoms with Gasteiger partial charge in [-0.3, -0.25) is 0 Å². The Morgan fingerprint density at radius 2 is 1.76 bits per heavy atom. The summed E-state index contributed by atoms with van der Waals surface area (Å²) in [7, 11) is 0. The molecule has 122 valence electrons. The minimum absolute atomic E-state index is 0.102. The molecule has 0 aromatic rings. The number of hydrogen-bond acceptors (Lipinski definition) is 2. The van der Waals surface area contributed by atoms with Gasteiger partial charge >= 0.3 is 0 Å². The summed E-state index contributed by atoms with van der Waals surface area (Å²) in [6, 6.07) is 0.103. The maximum Gasteiger partial charge on any atom is 0.0871 e. The average molecular weight is 293 g/mol. The monoisotopic (exact) mass is 293 g/mol. The summed E-state index contributed by atoms with van der Waals surface area (Å²) < 4.78 is 6.29. The Balaban J connectivity index is 2.13. The van der Waals surface area contributed by atoms with E-state index in [0.29, 0.717) is 5.41 Å². The molecule has 0 aliphatic heterocycles. The average Bonchev–Trinajstić information content (AvgIpc) is 2.41. The molecule has 0 saturated heterocycles. The molecule has 0 heterocycles. The van der Waals surface area contributed by atoms with Crippen molar-refractivity contribution in [2.75, 3.05) is 6.61 Å². The molecule has 2 rings (SSSR count). The van der Waals surface area contributed by atoms with Crippen molar-refractivity contribution in [1.82, 2.24) is 0 Å². The highest BCUT2D eigenvalue weighted by Crippen LogP contribution is 2.45. The zero-order valence-corrected chi connectivity index (χ0v) is 14.4. The van der Waals surface area contributed by atoms with E-state index in [0.717, 1.165) is 19.4 Å². The van der Waals surface area contributed by atoms with E-state index in [4.69, 9.17) is 10.5 Å². The molecular formula is C19H35NO. The van der Waals surface area contributed by atoms with Crippen LogP contribution in [0.2, 0.25) is 0 Å². The molecule has 0 bridgehead atoms. The van der Waals surface area contributed by atoms with E-state index in [1.165, 1.54) is 56.9 Å². The Hall–Kier alpha value is -0.340. The minimum Gasteiger partial charge on any atom is -0.373 e. The minimum atomic E-state index is -0.102. The molecular weight excluding hydrogens is 258 g/mol. The predicted octanol–water partition coefficient (Wildman–Crippen LogP) is 4.97. The Morgan fingerprint density at radius 3 is 2.43 bits per heavy atom. The Bertz CT molecular complexity index is 349. The second-order valence-electron chi connectivity index (χ2n) is 7.87. The van der Waals surface area contributed by atoms with Crippen LogP contribution in [0.5, 0.6) is 0 Å². The molecule has 2 nitrogen and oxygen atoms in total. The van der Waals surface area contributed by atoms with E-state index in [-0.39, 0.29) is 11.6 Å². The van der Waals surface area contributed by atoms with Gasteiger partial charge in [0.1, 0.15) is 0 Å². The highest BCUT2D eigenvalue weighted by molar-refractivity contribution is 5.18. The molecule has 1 fully saturated rings. The summed E-state index contributed by atoms with van der Waals surface area (Å²) in [5, 5.41) is 0. The zero-order valence-electron chi connectivity index (χ0n) is 14.4. The lowest BCUT2D eigenvalue weighted by Gasteiger charge is -2.47. The molecule has 2 N–H and O–H groups in total. The van der Waals surface area contributed by atoms with Gasteiger partial charge in [0.25, 0.3) is 0 Å². The lowest BCUT2D eigenvalue weighted by atomic mass is 9.67. The van der Waals surface area contributed by atoms with E-state index in [2.05, 4.69) is 26.8 Å². The molecule has 0 aromatic carbocycles. The molecule has 21 heavy (non-hydrogen) atoms. The Labute approximate surface area is 131 Å². The van der Waals surface area contributed by atoms with Crippen LogP contribution in [-0.2, 0) is 4.74 Å². The molecule has 0 radical (unpaired) electrons. The summed E-state index contributed by atoms with van der Waals surface area (Å²) in [5.41, 5.74) is 8.59. The highest BCUT2D eigenvalue weighted by Gasteiger charge is 2.44. The number of hydrogen-bond donors (Lipinski definition) is 1. The summed E-state index contributed by atoms with van der Waals surface area (Å²) in [4.78, 5) is 0. The Kier molecular flexibility index (Phi) is 5.90. The lowest BCUT2D eigenvalue weighted by Crippen LogP contribution is -2.54. The van der Waals surface area contributed by atoms with Crippen LogP contribution in [-0.4, -0.2) is 18.2 Å². The molecule has 1 atom stereocenters. The van der Waals surface area contributed by atoms with Gasteiger partial charge in [-0.2, -0.15) is 0 Å². The first kappa shape index (κ1) is 17.0. The third-order valence-electron chi connectivity index (χ3n) is 5.67. The van der Waals surface area contributed by atoms with Crippen molar-refractivity contribution in [3.8, 4) is 0 Å². The van der Waals surface area contributed by atoms with Crippen molar-refractivity contribution in [3.05, 3.63) is 11.6 Å². The van der Waals surface area contributed by atoms with Crippen molar-refractivity contribution in [3.63, 3.8) is 0 Å². The van der Waals surface area contributed by atoms with Crippen LogP contribution in [0.4, 0.5) is 0 Å². The van der Waals surface area contributed by atoms with Crippen LogP contribution < -0.4 is 5.73 Å². The van der Waals surface area contributed by atoms with Gasteiger partial charge in [-0.05, 0) is 63.7 Å². The van der Waals surface area contributed by atoms with Gasteiger partial charge in [0.15, 0.2) is 0 Å². The Morgan fingerprint density at radius 1 is 1.10 bits per heavy atom. The summed E-state index contributed by atoms with van der Waals surface area (Å²) >= 11 is 0. The smallest absolute Gasteiger partial charge is 0.0871 e. The van der Waals surface area contributed by atoms with Gasteiger partial charge in [0.2, 0.25) is 0 Å². The van der Waals surface area contributed by atoms with E-state index in [1.54, 1.807) is 0 Å². The van der Waals surface area contributed by atoms with Gasteiger partial charge < -0.3 is 10.5 Å². The van der Waals surface area contributed by atoms with E-state index in [9.17, 15) is 0 Å². The van der Waals surface area contributed by atoms with Gasteiger partial charge in [-0.1, -0.05) is 38.3 Å². The first-order valence-corrected chi connectivity index (χ1v) is 9.08. The van der Waals surface area contributed by atoms with Crippen molar-refractivity contribution in [2.24, 2.45) is 11.1 Å². The van der Waals surface area contributed by atoms with Crippen LogP contribution in [0.3, 0.4) is 0 Å². The summed E-state index contributed by atoms with van der Waals surface area (Å²) in [6.45, 7) is 7.65. The third-order valence-corrected chi connectivity index (χ3v) is 5.67. The molecule has 0 aromatic heterocycles. The van der Waals surface area contributed by atoms with Crippen molar-refractivity contribution in [2.45, 2.75) is 96.6 Å². The molecule has 1 saturated carbocycles. The van der Waals surface area contributed by atoms with E-state index >= 15 is 0 Å².